The molecule has 0 aromatic carbocycles. The van der Waals surface area contributed by atoms with Crippen LogP contribution in [0.3, 0.4) is 0 Å². The average molecular weight is 247 g/mol. The van der Waals surface area contributed by atoms with Crippen LogP contribution in [0.2, 0.25) is 0 Å². The van der Waals surface area contributed by atoms with Gasteiger partial charge in [0.15, 0.2) is 5.75 Å². The van der Waals surface area contributed by atoms with E-state index in [1.54, 1.807) is 23.1 Å². The van der Waals surface area contributed by atoms with Crippen molar-refractivity contribution in [3.8, 4) is 5.75 Å². The maximum Gasteiger partial charge on any atom is 0.354 e. The molecule has 0 atom stereocenters. The second-order valence-corrected chi connectivity index (χ2v) is 3.67. The summed E-state index contributed by atoms with van der Waals surface area (Å²) in [5, 5.41) is 12.9. The van der Waals surface area contributed by atoms with E-state index in [0.717, 1.165) is 12.1 Å². The molecule has 0 fully saturated rings. The van der Waals surface area contributed by atoms with E-state index >= 15 is 0 Å². The molecule has 94 valence electrons. The minimum atomic E-state index is -1.05. The van der Waals surface area contributed by atoms with Crippen molar-refractivity contribution in [1.82, 2.24) is 14.8 Å². The fraction of sp³-hybridized carbons (Fsp3) is 0.250. The van der Waals surface area contributed by atoms with Gasteiger partial charge in [0.2, 0.25) is 0 Å². The fourth-order valence-corrected chi connectivity index (χ4v) is 1.44. The van der Waals surface area contributed by atoms with Gasteiger partial charge in [0.05, 0.1) is 12.4 Å². The molecule has 2 heterocycles. The lowest BCUT2D eigenvalue weighted by molar-refractivity contribution is 0.0690. The lowest BCUT2D eigenvalue weighted by Crippen LogP contribution is -2.02. The Bertz CT molecular complexity index is 551. The van der Waals surface area contributed by atoms with Gasteiger partial charge in [-0.25, -0.2) is 9.78 Å². The monoisotopic (exact) mass is 247 g/mol. The van der Waals surface area contributed by atoms with E-state index in [0.29, 0.717) is 5.75 Å². The maximum atomic E-state index is 10.8. The van der Waals surface area contributed by atoms with Crippen LogP contribution in [-0.4, -0.2) is 25.8 Å². The number of hydrogen-bond acceptors (Lipinski definition) is 4. The first kappa shape index (κ1) is 12.1. The highest BCUT2D eigenvalue weighted by atomic mass is 16.5. The van der Waals surface area contributed by atoms with Crippen LogP contribution in [0, 0.1) is 0 Å². The molecule has 0 aliphatic rings. The SMILES string of the molecule is CCn1cc(OCc2ccnc(C(=O)O)c2)cn1. The average Bonchev–Trinajstić information content (AvgIpc) is 2.84. The fourth-order valence-electron chi connectivity index (χ4n) is 1.44. The van der Waals surface area contributed by atoms with Crippen LogP contribution in [0.1, 0.15) is 23.0 Å². The summed E-state index contributed by atoms with van der Waals surface area (Å²) in [6, 6.07) is 3.21. The zero-order chi connectivity index (χ0) is 13.0. The number of aromatic carboxylic acids is 1. The maximum absolute atomic E-state index is 10.8. The molecule has 0 unspecified atom stereocenters. The Kier molecular flexibility index (Phi) is 3.57. The second kappa shape index (κ2) is 5.31. The van der Waals surface area contributed by atoms with Crippen molar-refractivity contribution in [1.29, 1.82) is 0 Å². The Labute approximate surface area is 104 Å². The number of carboxylic acid groups (broad SMARTS) is 1. The van der Waals surface area contributed by atoms with Crippen LogP contribution in [0.15, 0.2) is 30.7 Å². The van der Waals surface area contributed by atoms with Gasteiger partial charge in [-0.2, -0.15) is 5.10 Å². The Morgan fingerprint density at radius 1 is 1.56 bits per heavy atom. The zero-order valence-electron chi connectivity index (χ0n) is 9.91. The molecule has 0 bridgehead atoms. The van der Waals surface area contributed by atoms with Crippen molar-refractivity contribution in [2.75, 3.05) is 0 Å². The highest BCUT2D eigenvalue weighted by Crippen LogP contribution is 2.11. The zero-order valence-corrected chi connectivity index (χ0v) is 9.91. The molecular weight excluding hydrogens is 234 g/mol. The molecule has 2 aromatic rings. The topological polar surface area (TPSA) is 77.2 Å². The molecule has 0 saturated heterocycles. The second-order valence-electron chi connectivity index (χ2n) is 3.67. The van der Waals surface area contributed by atoms with Crippen molar-refractivity contribution >= 4 is 5.97 Å². The van der Waals surface area contributed by atoms with Gasteiger partial charge in [-0.3, -0.25) is 4.68 Å². The summed E-state index contributed by atoms with van der Waals surface area (Å²) < 4.78 is 7.26. The van der Waals surface area contributed by atoms with E-state index in [-0.39, 0.29) is 12.3 Å². The summed E-state index contributed by atoms with van der Waals surface area (Å²) >= 11 is 0. The van der Waals surface area contributed by atoms with Crippen LogP contribution in [0.5, 0.6) is 5.75 Å². The number of aryl methyl sites for hydroxylation is 1. The number of pyridine rings is 1. The predicted molar refractivity (Wildman–Crippen MR) is 63.4 cm³/mol. The van der Waals surface area contributed by atoms with E-state index < -0.39 is 5.97 Å². The smallest absolute Gasteiger partial charge is 0.354 e. The van der Waals surface area contributed by atoms with Crippen LogP contribution in [-0.2, 0) is 13.2 Å². The van der Waals surface area contributed by atoms with Gasteiger partial charge in [0.25, 0.3) is 0 Å². The first-order chi connectivity index (χ1) is 8.69. The van der Waals surface area contributed by atoms with E-state index in [1.807, 2.05) is 6.92 Å². The third-order valence-electron chi connectivity index (χ3n) is 2.38. The normalized spacial score (nSPS) is 10.3. The number of rotatable bonds is 5. The van der Waals surface area contributed by atoms with Gasteiger partial charge in [-0.15, -0.1) is 0 Å². The Morgan fingerprint density at radius 3 is 3.06 bits per heavy atom. The summed E-state index contributed by atoms with van der Waals surface area (Å²) in [5.41, 5.74) is 0.770. The summed E-state index contributed by atoms with van der Waals surface area (Å²) in [7, 11) is 0. The Morgan fingerprint density at radius 2 is 2.39 bits per heavy atom. The molecule has 6 heteroatoms. The molecule has 0 radical (unpaired) electrons. The van der Waals surface area contributed by atoms with Crippen LogP contribution in [0.25, 0.3) is 0 Å². The molecule has 0 aliphatic heterocycles. The van der Waals surface area contributed by atoms with Gasteiger partial charge >= 0.3 is 5.97 Å². The largest absolute Gasteiger partial charge is 0.486 e. The minimum Gasteiger partial charge on any atom is -0.486 e. The van der Waals surface area contributed by atoms with Crippen LogP contribution in [0.4, 0.5) is 0 Å². The molecular formula is C12H13N3O3. The van der Waals surface area contributed by atoms with Crippen LogP contribution < -0.4 is 4.74 Å². The lowest BCUT2D eigenvalue weighted by atomic mass is 10.2. The first-order valence-electron chi connectivity index (χ1n) is 5.52. The van der Waals surface area contributed by atoms with E-state index in [4.69, 9.17) is 9.84 Å². The third-order valence-corrected chi connectivity index (χ3v) is 2.38. The molecule has 0 spiro atoms. The van der Waals surface area contributed by atoms with Crippen molar-refractivity contribution in [2.24, 2.45) is 0 Å². The minimum absolute atomic E-state index is 0.0142. The van der Waals surface area contributed by atoms with Crippen molar-refractivity contribution in [3.05, 3.63) is 42.0 Å². The van der Waals surface area contributed by atoms with E-state index in [9.17, 15) is 4.79 Å². The lowest BCUT2D eigenvalue weighted by Gasteiger charge is -2.03. The number of nitrogens with zero attached hydrogens (tertiary/aromatic N) is 3. The standard InChI is InChI=1S/C12H13N3O3/c1-2-15-7-10(6-14-15)18-8-9-3-4-13-11(5-9)12(16)17/h3-7H,2,8H2,1H3,(H,16,17). The third kappa shape index (κ3) is 2.85. The van der Waals surface area contributed by atoms with Gasteiger partial charge in [0.1, 0.15) is 12.3 Å². The Balaban J connectivity index is 2.01. The number of ether oxygens (including phenoxy) is 1. The van der Waals surface area contributed by atoms with E-state index in [2.05, 4.69) is 10.1 Å². The van der Waals surface area contributed by atoms with Gasteiger partial charge < -0.3 is 9.84 Å². The molecule has 0 amide bonds. The molecule has 18 heavy (non-hydrogen) atoms. The highest BCUT2D eigenvalue weighted by molar-refractivity contribution is 5.85. The summed E-state index contributed by atoms with van der Waals surface area (Å²) in [6.45, 7) is 3.05. The highest BCUT2D eigenvalue weighted by Gasteiger charge is 2.05. The van der Waals surface area contributed by atoms with Crippen molar-refractivity contribution in [3.63, 3.8) is 0 Å². The molecule has 1 N–H and O–H groups in total. The number of aromatic nitrogens is 3. The quantitative estimate of drug-likeness (QED) is 0.867. The van der Waals surface area contributed by atoms with Crippen molar-refractivity contribution in [2.45, 2.75) is 20.1 Å². The predicted octanol–water partition coefficient (Wildman–Crippen LogP) is 1.58. The molecule has 0 saturated carbocycles. The molecule has 6 nitrogen and oxygen atoms in total. The Hall–Kier alpha value is -2.37. The van der Waals surface area contributed by atoms with E-state index in [1.165, 1.54) is 12.3 Å². The van der Waals surface area contributed by atoms with Crippen molar-refractivity contribution < 1.29 is 14.6 Å². The molecule has 0 aliphatic carbocycles. The summed E-state index contributed by atoms with van der Waals surface area (Å²) in [6.07, 6.45) is 4.87. The summed E-state index contributed by atoms with van der Waals surface area (Å²) in [5.74, 6) is -0.388. The van der Waals surface area contributed by atoms with Crippen LogP contribution >= 0.6 is 0 Å². The van der Waals surface area contributed by atoms with Gasteiger partial charge in [-0.1, -0.05) is 0 Å². The van der Waals surface area contributed by atoms with Gasteiger partial charge in [-0.05, 0) is 24.6 Å². The summed E-state index contributed by atoms with van der Waals surface area (Å²) in [4.78, 5) is 14.5. The number of carboxylic acids is 1. The molecule has 2 aromatic heterocycles. The first-order valence-corrected chi connectivity index (χ1v) is 5.52. The number of carbonyl (C=O) groups is 1. The number of hydrogen-bond donors (Lipinski definition) is 1. The van der Waals surface area contributed by atoms with Gasteiger partial charge in [0, 0.05) is 12.7 Å². The molecule has 2 rings (SSSR count).